The lowest BCUT2D eigenvalue weighted by molar-refractivity contribution is 0.0965. The van der Waals surface area contributed by atoms with E-state index in [1.165, 1.54) is 0 Å². The molecular weight excluding hydrogens is 526 g/mol. The smallest absolute Gasteiger partial charge is 0.181 e. The predicted octanol–water partition coefficient (Wildman–Crippen LogP) is 8.13. The van der Waals surface area contributed by atoms with Gasteiger partial charge in [-0.25, -0.2) is 4.98 Å². The highest BCUT2D eigenvalue weighted by Crippen LogP contribution is 2.50. The van der Waals surface area contributed by atoms with E-state index in [4.69, 9.17) is 14.1 Å². The number of furan rings is 1. The first-order valence-corrected chi connectivity index (χ1v) is 14.2. The monoisotopic (exact) mass is 559 g/mol. The minimum absolute atomic E-state index is 0.0156. The standard InChI is InChI=1S/C35H33N3O4/c1-6-28(39)31-27-17-23(11-14-30(27)42-32(31)20(2)3)26-18-24(8-7-21(26)4)29(40)19-35(15-16-35)34-36-33(37-38-34)22-9-12-25(41-5)13-10-22/h7-14,17-18H,2,6,15-16,19H2,1,3-5H3,(H,36,37,38). The third kappa shape index (κ3) is 4.85. The number of ketones is 2. The second kappa shape index (κ2) is 10.6. The number of carbonyl (C=O) groups excluding carboxylic acids is 2. The lowest BCUT2D eigenvalue weighted by Gasteiger charge is -2.13. The van der Waals surface area contributed by atoms with Crippen molar-refractivity contribution in [2.75, 3.05) is 7.11 Å². The summed E-state index contributed by atoms with van der Waals surface area (Å²) >= 11 is 0. The molecule has 0 spiro atoms. The van der Waals surface area contributed by atoms with E-state index < -0.39 is 0 Å². The Labute approximate surface area is 244 Å². The molecule has 0 atom stereocenters. The van der Waals surface area contributed by atoms with Crippen molar-refractivity contribution in [3.8, 4) is 28.3 Å². The molecule has 0 bridgehead atoms. The minimum atomic E-state index is -0.329. The molecule has 0 unspecified atom stereocenters. The van der Waals surface area contributed by atoms with Crippen LogP contribution in [-0.4, -0.2) is 33.9 Å². The Morgan fingerprint density at radius 1 is 1.02 bits per heavy atom. The summed E-state index contributed by atoms with van der Waals surface area (Å²) in [6.45, 7) is 9.72. The fraction of sp³-hybridized carbons (Fsp3) is 0.257. The number of hydrogen-bond acceptors (Lipinski definition) is 6. The van der Waals surface area contributed by atoms with Gasteiger partial charge in [-0.2, -0.15) is 5.10 Å². The first-order valence-electron chi connectivity index (χ1n) is 14.2. The van der Waals surface area contributed by atoms with Gasteiger partial charge >= 0.3 is 0 Å². The largest absolute Gasteiger partial charge is 0.497 e. The molecule has 7 nitrogen and oxygen atoms in total. The molecule has 1 aliphatic carbocycles. The van der Waals surface area contributed by atoms with Crippen LogP contribution in [-0.2, 0) is 5.41 Å². The van der Waals surface area contributed by atoms with Gasteiger partial charge in [-0.3, -0.25) is 14.7 Å². The van der Waals surface area contributed by atoms with Crippen molar-refractivity contribution in [2.45, 2.75) is 51.9 Å². The van der Waals surface area contributed by atoms with Gasteiger partial charge in [-0.1, -0.05) is 31.7 Å². The Morgan fingerprint density at radius 3 is 2.43 bits per heavy atom. The van der Waals surface area contributed by atoms with Crippen LogP contribution in [0.25, 0.3) is 39.1 Å². The fourth-order valence-electron chi connectivity index (χ4n) is 5.55. The summed E-state index contributed by atoms with van der Waals surface area (Å²) in [7, 11) is 1.63. The van der Waals surface area contributed by atoms with E-state index in [-0.39, 0.29) is 17.0 Å². The number of ether oxygens (including phenoxy) is 1. The number of nitrogens with zero attached hydrogens (tertiary/aromatic N) is 2. The van der Waals surface area contributed by atoms with Gasteiger partial charge in [0.05, 0.1) is 12.7 Å². The normalized spacial score (nSPS) is 13.7. The molecule has 212 valence electrons. The maximum Gasteiger partial charge on any atom is 0.181 e. The number of carbonyl (C=O) groups is 2. The molecule has 0 amide bonds. The van der Waals surface area contributed by atoms with Gasteiger partial charge < -0.3 is 9.15 Å². The highest BCUT2D eigenvalue weighted by atomic mass is 16.5. The highest BCUT2D eigenvalue weighted by molar-refractivity contribution is 6.11. The van der Waals surface area contributed by atoms with Crippen molar-refractivity contribution in [2.24, 2.45) is 0 Å². The summed E-state index contributed by atoms with van der Waals surface area (Å²) in [4.78, 5) is 31.3. The van der Waals surface area contributed by atoms with E-state index in [2.05, 4.69) is 16.8 Å². The Morgan fingerprint density at radius 2 is 1.76 bits per heavy atom. The molecule has 0 radical (unpaired) electrons. The molecule has 0 saturated heterocycles. The number of aromatic nitrogens is 3. The van der Waals surface area contributed by atoms with Crippen molar-refractivity contribution in [3.63, 3.8) is 0 Å². The van der Waals surface area contributed by atoms with Gasteiger partial charge in [-0.05, 0) is 91.4 Å². The molecule has 6 rings (SSSR count). The van der Waals surface area contributed by atoms with Crippen molar-refractivity contribution >= 4 is 28.1 Å². The van der Waals surface area contributed by atoms with Gasteiger partial charge in [0.25, 0.3) is 0 Å². The number of aryl methyl sites for hydroxylation is 1. The molecule has 42 heavy (non-hydrogen) atoms. The van der Waals surface area contributed by atoms with E-state index in [1.807, 2.05) is 81.4 Å². The summed E-state index contributed by atoms with van der Waals surface area (Å²) in [5.74, 6) is 2.74. The van der Waals surface area contributed by atoms with Crippen LogP contribution in [0.4, 0.5) is 0 Å². The predicted molar refractivity (Wildman–Crippen MR) is 164 cm³/mol. The first kappa shape index (κ1) is 27.4. The summed E-state index contributed by atoms with van der Waals surface area (Å²) in [5, 5.41) is 8.30. The summed E-state index contributed by atoms with van der Waals surface area (Å²) < 4.78 is 11.3. The van der Waals surface area contributed by atoms with Crippen LogP contribution >= 0.6 is 0 Å². The van der Waals surface area contributed by atoms with Crippen molar-refractivity contribution in [1.29, 1.82) is 0 Å². The summed E-state index contributed by atoms with van der Waals surface area (Å²) in [6.07, 6.45) is 2.48. The molecule has 0 aliphatic heterocycles. The second-order valence-electron chi connectivity index (χ2n) is 11.2. The number of nitrogens with one attached hydrogen (secondary N) is 1. The molecule has 2 heterocycles. The number of H-pyrrole nitrogens is 1. The molecule has 5 aromatic rings. The molecule has 3 aromatic carbocycles. The quantitative estimate of drug-likeness (QED) is 0.173. The van der Waals surface area contributed by atoms with Crippen molar-refractivity contribution < 1.29 is 18.7 Å². The third-order valence-electron chi connectivity index (χ3n) is 8.23. The Hall–Kier alpha value is -4.78. The number of allylic oxidation sites excluding steroid dienone is 1. The van der Waals surface area contributed by atoms with Crippen LogP contribution in [0.2, 0.25) is 0 Å². The molecule has 7 heteroatoms. The Kier molecular flexibility index (Phi) is 6.89. The van der Waals surface area contributed by atoms with Crippen LogP contribution < -0.4 is 4.74 Å². The second-order valence-corrected chi connectivity index (χ2v) is 11.2. The van der Waals surface area contributed by atoms with E-state index in [1.54, 1.807) is 7.11 Å². The fourth-order valence-corrected chi connectivity index (χ4v) is 5.55. The zero-order chi connectivity index (χ0) is 29.6. The number of methoxy groups -OCH3 is 1. The Balaban J connectivity index is 1.28. The summed E-state index contributed by atoms with van der Waals surface area (Å²) in [5.41, 5.74) is 6.05. The molecule has 2 aromatic heterocycles. The number of rotatable bonds is 10. The molecular formula is C35H33N3O4. The molecule has 1 aliphatic rings. The highest BCUT2D eigenvalue weighted by Gasteiger charge is 2.49. The van der Waals surface area contributed by atoms with Crippen LogP contribution in [0.3, 0.4) is 0 Å². The van der Waals surface area contributed by atoms with Gasteiger partial charge in [0, 0.05) is 34.8 Å². The number of fused-ring (bicyclic) bond motifs is 1. The van der Waals surface area contributed by atoms with Gasteiger partial charge in [0.1, 0.15) is 22.9 Å². The van der Waals surface area contributed by atoms with Gasteiger partial charge in [-0.15, -0.1) is 0 Å². The zero-order valence-corrected chi connectivity index (χ0v) is 24.3. The zero-order valence-electron chi connectivity index (χ0n) is 24.3. The topological polar surface area (TPSA) is 98.1 Å². The van der Waals surface area contributed by atoms with Gasteiger partial charge in [0.15, 0.2) is 17.4 Å². The van der Waals surface area contributed by atoms with Crippen molar-refractivity contribution in [3.05, 3.63) is 95.5 Å². The molecule has 1 fully saturated rings. The average molecular weight is 560 g/mol. The number of hydrogen-bond donors (Lipinski definition) is 1. The van der Waals surface area contributed by atoms with Crippen LogP contribution in [0.5, 0.6) is 5.75 Å². The van der Waals surface area contributed by atoms with E-state index in [0.717, 1.165) is 52.1 Å². The molecule has 1 N–H and O–H groups in total. The lowest BCUT2D eigenvalue weighted by atomic mass is 9.91. The van der Waals surface area contributed by atoms with Crippen LogP contribution in [0.1, 0.15) is 77.4 Å². The SMILES string of the molecule is C=C(C)c1oc2ccc(-c3cc(C(=O)CC4(c5nc(-c6ccc(OC)cc6)n[nH]5)CC4)ccc3C)cc2c1C(=O)CC. The van der Waals surface area contributed by atoms with Crippen molar-refractivity contribution in [1.82, 2.24) is 15.2 Å². The number of Topliss-reactive ketones (excluding diaryl/α,β-unsaturated/α-hetero) is 2. The van der Waals surface area contributed by atoms with E-state index in [0.29, 0.717) is 46.7 Å². The Bertz CT molecular complexity index is 1860. The summed E-state index contributed by atoms with van der Waals surface area (Å²) in [6, 6.07) is 19.3. The number of aromatic amines is 1. The maximum absolute atomic E-state index is 13.6. The minimum Gasteiger partial charge on any atom is -0.497 e. The lowest BCUT2D eigenvalue weighted by Crippen LogP contribution is -2.15. The van der Waals surface area contributed by atoms with E-state index >= 15 is 0 Å². The maximum atomic E-state index is 13.6. The average Bonchev–Trinajstić information content (AvgIpc) is 3.42. The van der Waals surface area contributed by atoms with Crippen LogP contribution in [0, 0.1) is 6.92 Å². The molecule has 1 saturated carbocycles. The first-order chi connectivity index (χ1) is 20.2. The third-order valence-corrected chi connectivity index (χ3v) is 8.23. The van der Waals surface area contributed by atoms with Gasteiger partial charge in [0.2, 0.25) is 0 Å². The van der Waals surface area contributed by atoms with E-state index in [9.17, 15) is 9.59 Å². The number of benzene rings is 3. The van der Waals surface area contributed by atoms with Crippen LogP contribution in [0.15, 0.2) is 71.7 Å².